The summed E-state index contributed by atoms with van der Waals surface area (Å²) in [5.74, 6) is 1.69. The van der Waals surface area contributed by atoms with E-state index in [1.807, 2.05) is 0 Å². The van der Waals surface area contributed by atoms with E-state index in [1.54, 1.807) is 0 Å². The van der Waals surface area contributed by atoms with Crippen LogP contribution in [0.15, 0.2) is 0 Å². The second-order valence-corrected chi connectivity index (χ2v) is 6.18. The molecule has 1 atom stereocenters. The molecule has 1 saturated carbocycles. The zero-order valence-corrected chi connectivity index (χ0v) is 12.3. The monoisotopic (exact) mass is 240 g/mol. The van der Waals surface area contributed by atoms with Gasteiger partial charge in [0.15, 0.2) is 0 Å². The highest BCUT2D eigenvalue weighted by Gasteiger charge is 2.23. The molecule has 102 valence electrons. The molecular formula is C15H32N2. The van der Waals surface area contributed by atoms with Gasteiger partial charge in [0.05, 0.1) is 0 Å². The van der Waals surface area contributed by atoms with Gasteiger partial charge in [-0.3, -0.25) is 0 Å². The molecule has 0 amide bonds. The standard InChI is InChI=1S/C15H32N2/c1-5-16-15(12-17(4)11-13(2)3)14-9-7-6-8-10-14/h13-16H,5-12H2,1-4H3. The molecule has 1 aliphatic rings. The number of nitrogens with one attached hydrogen (secondary N) is 1. The molecule has 2 nitrogen and oxygen atoms in total. The maximum Gasteiger partial charge on any atom is 0.0222 e. The van der Waals surface area contributed by atoms with E-state index in [9.17, 15) is 0 Å². The van der Waals surface area contributed by atoms with Crippen molar-refractivity contribution in [2.75, 3.05) is 26.7 Å². The molecule has 1 N–H and O–H groups in total. The van der Waals surface area contributed by atoms with Gasteiger partial charge in [0.2, 0.25) is 0 Å². The highest BCUT2D eigenvalue weighted by Crippen LogP contribution is 2.26. The summed E-state index contributed by atoms with van der Waals surface area (Å²) in [5, 5.41) is 3.71. The predicted octanol–water partition coefficient (Wildman–Crippen LogP) is 3.13. The Bertz CT molecular complexity index is 185. The Kier molecular flexibility index (Phi) is 7.14. The average molecular weight is 240 g/mol. The fraction of sp³-hybridized carbons (Fsp3) is 1.00. The van der Waals surface area contributed by atoms with Crippen molar-refractivity contribution < 1.29 is 0 Å². The van der Waals surface area contributed by atoms with E-state index < -0.39 is 0 Å². The van der Waals surface area contributed by atoms with Gasteiger partial charge >= 0.3 is 0 Å². The van der Waals surface area contributed by atoms with Gasteiger partial charge in [-0.2, -0.15) is 0 Å². The van der Waals surface area contributed by atoms with Gasteiger partial charge in [-0.1, -0.05) is 40.0 Å². The summed E-state index contributed by atoms with van der Waals surface area (Å²) in [6.45, 7) is 10.4. The predicted molar refractivity (Wildman–Crippen MR) is 76.4 cm³/mol. The molecule has 2 heteroatoms. The van der Waals surface area contributed by atoms with E-state index in [0.717, 1.165) is 18.4 Å². The Morgan fingerprint density at radius 3 is 2.29 bits per heavy atom. The summed E-state index contributed by atoms with van der Waals surface area (Å²) in [5.41, 5.74) is 0. The molecule has 1 aliphatic carbocycles. The van der Waals surface area contributed by atoms with Crippen LogP contribution in [0.3, 0.4) is 0 Å². The number of hydrogen-bond acceptors (Lipinski definition) is 2. The van der Waals surface area contributed by atoms with Crippen LogP contribution in [0.2, 0.25) is 0 Å². The minimum Gasteiger partial charge on any atom is -0.313 e. The molecule has 1 unspecified atom stereocenters. The summed E-state index contributed by atoms with van der Waals surface area (Å²) in [7, 11) is 2.27. The van der Waals surface area contributed by atoms with E-state index in [1.165, 1.54) is 45.2 Å². The first-order chi connectivity index (χ1) is 8.13. The maximum atomic E-state index is 3.71. The van der Waals surface area contributed by atoms with Crippen LogP contribution >= 0.6 is 0 Å². The quantitative estimate of drug-likeness (QED) is 0.735. The first-order valence-corrected chi connectivity index (χ1v) is 7.55. The highest BCUT2D eigenvalue weighted by atomic mass is 15.1. The van der Waals surface area contributed by atoms with Crippen LogP contribution in [0.4, 0.5) is 0 Å². The van der Waals surface area contributed by atoms with Gasteiger partial charge in [-0.25, -0.2) is 0 Å². The molecule has 0 radical (unpaired) electrons. The molecule has 0 spiro atoms. The van der Waals surface area contributed by atoms with Crippen molar-refractivity contribution in [2.24, 2.45) is 11.8 Å². The van der Waals surface area contributed by atoms with Crippen molar-refractivity contribution in [3.63, 3.8) is 0 Å². The normalized spacial score (nSPS) is 20.1. The van der Waals surface area contributed by atoms with E-state index in [2.05, 4.69) is 38.0 Å². The van der Waals surface area contributed by atoms with Crippen LogP contribution in [0, 0.1) is 11.8 Å². The Hall–Kier alpha value is -0.0800. The lowest BCUT2D eigenvalue weighted by Crippen LogP contribution is -2.45. The molecule has 1 rings (SSSR count). The topological polar surface area (TPSA) is 15.3 Å². The Balaban J connectivity index is 2.40. The Labute approximate surface area is 108 Å². The maximum absolute atomic E-state index is 3.71. The molecule has 0 bridgehead atoms. The summed E-state index contributed by atoms with van der Waals surface area (Å²) >= 11 is 0. The number of hydrogen-bond donors (Lipinski definition) is 1. The highest BCUT2D eigenvalue weighted by molar-refractivity contribution is 4.81. The van der Waals surface area contributed by atoms with Crippen LogP contribution in [0.25, 0.3) is 0 Å². The molecule has 0 aliphatic heterocycles. The van der Waals surface area contributed by atoms with Gasteiger partial charge in [0, 0.05) is 19.1 Å². The van der Waals surface area contributed by atoms with Gasteiger partial charge in [0.25, 0.3) is 0 Å². The zero-order valence-electron chi connectivity index (χ0n) is 12.3. The van der Waals surface area contributed by atoms with E-state index >= 15 is 0 Å². The summed E-state index contributed by atoms with van der Waals surface area (Å²) in [6, 6.07) is 0.712. The number of rotatable bonds is 7. The van der Waals surface area contributed by atoms with Crippen molar-refractivity contribution in [1.82, 2.24) is 10.2 Å². The number of likely N-dealkylation sites (N-methyl/N-ethyl adjacent to an activating group) is 2. The second-order valence-electron chi connectivity index (χ2n) is 6.18. The minimum atomic E-state index is 0.712. The van der Waals surface area contributed by atoms with Gasteiger partial charge in [0.1, 0.15) is 0 Å². The van der Waals surface area contributed by atoms with Crippen LogP contribution < -0.4 is 5.32 Å². The van der Waals surface area contributed by atoms with E-state index in [-0.39, 0.29) is 0 Å². The number of nitrogens with zero attached hydrogens (tertiary/aromatic N) is 1. The molecule has 0 aromatic rings. The van der Waals surface area contributed by atoms with Crippen molar-refractivity contribution >= 4 is 0 Å². The summed E-state index contributed by atoms with van der Waals surface area (Å²) < 4.78 is 0. The molecular weight excluding hydrogens is 208 g/mol. The lowest BCUT2D eigenvalue weighted by Gasteiger charge is -2.34. The first-order valence-electron chi connectivity index (χ1n) is 7.55. The minimum absolute atomic E-state index is 0.712. The first kappa shape index (κ1) is 15.0. The third kappa shape index (κ3) is 5.87. The lowest BCUT2D eigenvalue weighted by atomic mass is 9.83. The molecule has 17 heavy (non-hydrogen) atoms. The van der Waals surface area contributed by atoms with Crippen molar-refractivity contribution in [3.05, 3.63) is 0 Å². The van der Waals surface area contributed by atoms with Gasteiger partial charge in [-0.05, 0) is 38.3 Å². The molecule has 0 aromatic carbocycles. The molecule has 1 fully saturated rings. The third-order valence-corrected chi connectivity index (χ3v) is 3.87. The molecule has 0 heterocycles. The van der Waals surface area contributed by atoms with Crippen molar-refractivity contribution in [3.8, 4) is 0 Å². The third-order valence-electron chi connectivity index (χ3n) is 3.87. The Morgan fingerprint density at radius 2 is 1.76 bits per heavy atom. The van der Waals surface area contributed by atoms with E-state index in [0.29, 0.717) is 6.04 Å². The molecule has 0 saturated heterocycles. The van der Waals surface area contributed by atoms with E-state index in [4.69, 9.17) is 0 Å². The molecule has 0 aromatic heterocycles. The average Bonchev–Trinajstić information content (AvgIpc) is 2.28. The smallest absolute Gasteiger partial charge is 0.0222 e. The lowest BCUT2D eigenvalue weighted by molar-refractivity contribution is 0.196. The van der Waals surface area contributed by atoms with Gasteiger partial charge < -0.3 is 10.2 Å². The Morgan fingerprint density at radius 1 is 1.12 bits per heavy atom. The summed E-state index contributed by atoms with van der Waals surface area (Å²) in [6.07, 6.45) is 7.22. The van der Waals surface area contributed by atoms with Crippen LogP contribution in [0.5, 0.6) is 0 Å². The zero-order chi connectivity index (χ0) is 12.7. The summed E-state index contributed by atoms with van der Waals surface area (Å²) in [4.78, 5) is 2.51. The fourth-order valence-electron chi connectivity index (χ4n) is 3.21. The van der Waals surface area contributed by atoms with Crippen LogP contribution in [-0.2, 0) is 0 Å². The van der Waals surface area contributed by atoms with Crippen molar-refractivity contribution in [1.29, 1.82) is 0 Å². The van der Waals surface area contributed by atoms with Crippen LogP contribution in [0.1, 0.15) is 52.9 Å². The fourth-order valence-corrected chi connectivity index (χ4v) is 3.21. The van der Waals surface area contributed by atoms with Gasteiger partial charge in [-0.15, -0.1) is 0 Å². The largest absolute Gasteiger partial charge is 0.313 e. The SMILES string of the molecule is CCNC(CN(C)CC(C)C)C1CCCCC1. The second kappa shape index (κ2) is 8.10. The van der Waals surface area contributed by atoms with Crippen molar-refractivity contribution in [2.45, 2.75) is 58.9 Å². The van der Waals surface area contributed by atoms with Crippen LogP contribution in [-0.4, -0.2) is 37.6 Å².